The van der Waals surface area contributed by atoms with Crippen LogP contribution in [0.2, 0.25) is 5.02 Å². The van der Waals surface area contributed by atoms with Crippen LogP contribution < -0.4 is 0 Å². The highest BCUT2D eigenvalue weighted by molar-refractivity contribution is 6.31. The van der Waals surface area contributed by atoms with Crippen LogP contribution in [0.1, 0.15) is 31.9 Å². The van der Waals surface area contributed by atoms with E-state index in [4.69, 9.17) is 11.6 Å². The molecule has 2 atom stereocenters. The predicted octanol–water partition coefficient (Wildman–Crippen LogP) is 2.11. The van der Waals surface area contributed by atoms with Gasteiger partial charge < -0.3 is 10.0 Å². The molecule has 4 nitrogen and oxygen atoms in total. The molecule has 1 aliphatic rings. The van der Waals surface area contributed by atoms with Crippen molar-refractivity contribution in [2.45, 2.75) is 38.3 Å². The average Bonchev–Trinajstić information content (AvgIpc) is 2.82. The fourth-order valence-electron chi connectivity index (χ4n) is 2.77. The van der Waals surface area contributed by atoms with Gasteiger partial charge in [-0.1, -0.05) is 18.5 Å². The van der Waals surface area contributed by atoms with E-state index in [2.05, 4.69) is 16.9 Å². The number of aromatic nitrogens is 2. The second kappa shape index (κ2) is 5.19. The summed E-state index contributed by atoms with van der Waals surface area (Å²) in [5, 5.41) is 15.8. The molecule has 102 valence electrons. The van der Waals surface area contributed by atoms with Crippen LogP contribution in [-0.2, 0) is 12.1 Å². The highest BCUT2D eigenvalue weighted by Gasteiger charge is 2.43. The second-order valence-corrected chi connectivity index (χ2v) is 5.99. The van der Waals surface area contributed by atoms with Crippen molar-refractivity contribution in [1.29, 1.82) is 0 Å². The van der Waals surface area contributed by atoms with E-state index in [1.165, 1.54) is 0 Å². The molecule has 1 aromatic rings. The van der Waals surface area contributed by atoms with Crippen LogP contribution in [0.25, 0.3) is 0 Å². The van der Waals surface area contributed by atoms with Crippen LogP contribution in [-0.4, -0.2) is 40.4 Å². The van der Waals surface area contributed by atoms with Crippen LogP contribution in [0.3, 0.4) is 0 Å². The van der Waals surface area contributed by atoms with Crippen molar-refractivity contribution in [2.75, 3.05) is 20.6 Å². The van der Waals surface area contributed by atoms with Gasteiger partial charge in [0.25, 0.3) is 0 Å². The summed E-state index contributed by atoms with van der Waals surface area (Å²) in [6.45, 7) is 3.73. The number of hydrogen-bond donors (Lipinski definition) is 1. The van der Waals surface area contributed by atoms with E-state index in [1.807, 2.05) is 18.8 Å². The van der Waals surface area contributed by atoms with E-state index in [9.17, 15) is 5.11 Å². The number of halogens is 1. The Morgan fingerprint density at radius 2 is 2.33 bits per heavy atom. The summed E-state index contributed by atoms with van der Waals surface area (Å²) in [4.78, 5) is 2.10. The van der Waals surface area contributed by atoms with Gasteiger partial charge in [0.1, 0.15) is 5.60 Å². The van der Waals surface area contributed by atoms with Crippen LogP contribution >= 0.6 is 11.6 Å². The molecule has 0 aromatic carbocycles. The topological polar surface area (TPSA) is 41.3 Å². The van der Waals surface area contributed by atoms with E-state index in [1.54, 1.807) is 6.20 Å². The molecule has 1 N–H and O–H groups in total. The van der Waals surface area contributed by atoms with Gasteiger partial charge in [0.15, 0.2) is 0 Å². The van der Waals surface area contributed by atoms with Gasteiger partial charge in [0.2, 0.25) is 0 Å². The van der Waals surface area contributed by atoms with E-state index < -0.39 is 5.60 Å². The van der Waals surface area contributed by atoms with Gasteiger partial charge in [-0.2, -0.15) is 5.10 Å². The Labute approximate surface area is 114 Å². The Morgan fingerprint density at radius 3 is 2.89 bits per heavy atom. The van der Waals surface area contributed by atoms with E-state index in [-0.39, 0.29) is 5.92 Å². The number of hydrogen-bond acceptors (Lipinski definition) is 3. The van der Waals surface area contributed by atoms with Crippen LogP contribution in [0.15, 0.2) is 6.20 Å². The summed E-state index contributed by atoms with van der Waals surface area (Å²) in [5.74, 6) is 0.241. The number of nitrogens with zero attached hydrogens (tertiary/aromatic N) is 3. The van der Waals surface area contributed by atoms with Gasteiger partial charge in [0, 0.05) is 6.54 Å². The Bertz CT molecular complexity index is 418. The largest absolute Gasteiger partial charge is 0.383 e. The van der Waals surface area contributed by atoms with Gasteiger partial charge in [0.05, 0.1) is 23.5 Å². The summed E-state index contributed by atoms with van der Waals surface area (Å²) in [5.41, 5.74) is -0.00379. The lowest BCUT2D eigenvalue weighted by Gasteiger charge is -2.29. The monoisotopic (exact) mass is 271 g/mol. The summed E-state index contributed by atoms with van der Waals surface area (Å²) in [7, 11) is 4.05. The first-order chi connectivity index (χ1) is 8.45. The fraction of sp³-hybridized carbons (Fsp3) is 0.769. The summed E-state index contributed by atoms with van der Waals surface area (Å²) < 4.78 is 1.87. The molecular weight excluding hydrogens is 250 g/mol. The molecular formula is C13H22ClN3O. The van der Waals surface area contributed by atoms with Crippen molar-refractivity contribution >= 4 is 11.6 Å². The zero-order valence-corrected chi connectivity index (χ0v) is 12.1. The Hall–Kier alpha value is -0.580. The smallest absolute Gasteiger partial charge is 0.110 e. The van der Waals surface area contributed by atoms with Crippen molar-refractivity contribution in [3.63, 3.8) is 0 Å². The predicted molar refractivity (Wildman–Crippen MR) is 72.7 cm³/mol. The van der Waals surface area contributed by atoms with Crippen molar-refractivity contribution in [1.82, 2.24) is 14.7 Å². The zero-order valence-electron chi connectivity index (χ0n) is 11.4. The van der Waals surface area contributed by atoms with Crippen molar-refractivity contribution in [3.8, 4) is 0 Å². The first-order valence-electron chi connectivity index (χ1n) is 6.54. The summed E-state index contributed by atoms with van der Waals surface area (Å²) >= 11 is 6.24. The Kier molecular flexibility index (Phi) is 3.99. The van der Waals surface area contributed by atoms with Crippen LogP contribution in [0, 0.1) is 5.92 Å². The lowest BCUT2D eigenvalue weighted by atomic mass is 9.89. The second-order valence-electron chi connectivity index (χ2n) is 5.59. The molecule has 1 fully saturated rings. The van der Waals surface area contributed by atoms with Gasteiger partial charge >= 0.3 is 0 Å². The third kappa shape index (κ3) is 2.42. The van der Waals surface area contributed by atoms with E-state index in [0.717, 1.165) is 38.0 Å². The molecule has 0 bridgehead atoms. The third-order valence-corrected chi connectivity index (χ3v) is 4.25. The van der Waals surface area contributed by atoms with Gasteiger partial charge in [-0.3, -0.25) is 4.68 Å². The standard InChI is InChI=1S/C13H22ClN3O/c1-10-5-4-6-13(10,18)12-11(14)9-15-17(12)8-7-16(2)3/h9-10,18H,4-8H2,1-3H3. The molecule has 1 saturated carbocycles. The number of rotatable bonds is 4. The van der Waals surface area contributed by atoms with E-state index in [0.29, 0.717) is 5.02 Å². The minimum absolute atomic E-state index is 0.241. The maximum absolute atomic E-state index is 10.9. The Morgan fingerprint density at radius 1 is 1.61 bits per heavy atom. The minimum Gasteiger partial charge on any atom is -0.383 e. The lowest BCUT2D eigenvalue weighted by Crippen LogP contribution is -2.33. The maximum atomic E-state index is 10.9. The molecule has 2 rings (SSSR count). The van der Waals surface area contributed by atoms with Gasteiger partial charge in [-0.15, -0.1) is 0 Å². The highest BCUT2D eigenvalue weighted by atomic mass is 35.5. The maximum Gasteiger partial charge on any atom is 0.110 e. The van der Waals surface area contributed by atoms with E-state index >= 15 is 0 Å². The molecule has 5 heteroatoms. The van der Waals surface area contributed by atoms with Crippen molar-refractivity contribution in [2.24, 2.45) is 5.92 Å². The summed E-state index contributed by atoms with van der Waals surface area (Å²) in [6, 6.07) is 0. The summed E-state index contributed by atoms with van der Waals surface area (Å²) in [6.07, 6.45) is 4.52. The Balaban J connectivity index is 2.29. The zero-order chi connectivity index (χ0) is 13.3. The molecule has 1 aromatic heterocycles. The molecule has 1 heterocycles. The average molecular weight is 272 g/mol. The highest BCUT2D eigenvalue weighted by Crippen LogP contribution is 2.45. The number of likely N-dealkylation sites (N-methyl/N-ethyl adjacent to an activating group) is 1. The van der Waals surface area contributed by atoms with Crippen LogP contribution in [0.5, 0.6) is 0 Å². The van der Waals surface area contributed by atoms with Crippen molar-refractivity contribution < 1.29 is 5.11 Å². The molecule has 0 saturated heterocycles. The first kappa shape index (κ1) is 13.8. The number of aliphatic hydroxyl groups is 1. The molecule has 0 radical (unpaired) electrons. The lowest BCUT2D eigenvalue weighted by molar-refractivity contribution is -0.00423. The molecule has 1 aliphatic carbocycles. The third-order valence-electron chi connectivity index (χ3n) is 3.97. The molecule has 0 spiro atoms. The van der Waals surface area contributed by atoms with Gasteiger partial charge in [-0.05, 0) is 39.3 Å². The molecule has 2 unspecified atom stereocenters. The van der Waals surface area contributed by atoms with Crippen LogP contribution in [0.4, 0.5) is 0 Å². The SMILES string of the molecule is CC1CCCC1(O)c1c(Cl)cnn1CCN(C)C. The fourth-order valence-corrected chi connectivity index (χ4v) is 3.08. The molecule has 18 heavy (non-hydrogen) atoms. The first-order valence-corrected chi connectivity index (χ1v) is 6.92. The minimum atomic E-state index is -0.806. The van der Waals surface area contributed by atoms with Crippen molar-refractivity contribution in [3.05, 3.63) is 16.9 Å². The van der Waals surface area contributed by atoms with Gasteiger partial charge in [-0.25, -0.2) is 0 Å². The quantitative estimate of drug-likeness (QED) is 0.912. The normalized spacial score (nSPS) is 28.2. The molecule has 0 aliphatic heterocycles. The molecule has 0 amide bonds.